The summed E-state index contributed by atoms with van der Waals surface area (Å²) in [6, 6.07) is -0.201. The molecule has 0 bridgehead atoms. The molecule has 1 N–H and O–H groups in total. The van der Waals surface area contributed by atoms with E-state index in [0.717, 1.165) is 5.57 Å². The number of likely N-dealkylation sites (tertiary alicyclic amines) is 1. The van der Waals surface area contributed by atoms with Crippen molar-refractivity contribution in [1.29, 1.82) is 0 Å². The van der Waals surface area contributed by atoms with Gasteiger partial charge < -0.3 is 10.0 Å². The molecule has 1 amide bonds. The highest BCUT2D eigenvalue weighted by atomic mass is 16.4. The first-order valence-electron chi connectivity index (χ1n) is 6.02. The summed E-state index contributed by atoms with van der Waals surface area (Å²) in [6.45, 7) is 9.94. The van der Waals surface area contributed by atoms with Gasteiger partial charge in [0.2, 0.25) is 5.91 Å². The van der Waals surface area contributed by atoms with Crippen molar-refractivity contribution in [3.05, 3.63) is 12.2 Å². The van der Waals surface area contributed by atoms with Crippen LogP contribution in [0.5, 0.6) is 0 Å². The molecule has 4 nitrogen and oxygen atoms in total. The van der Waals surface area contributed by atoms with Crippen LogP contribution in [0.25, 0.3) is 0 Å². The molecule has 0 aliphatic carbocycles. The smallest absolute Gasteiger partial charge is 0.308 e. The first-order valence-corrected chi connectivity index (χ1v) is 6.02. The fraction of sp³-hybridized carbons (Fsp3) is 0.692. The van der Waals surface area contributed by atoms with E-state index in [0.29, 0.717) is 19.4 Å². The SMILES string of the molecule is C=C(C)CC(C)C(=O)N1CCC(C(=O)O)C1C. The van der Waals surface area contributed by atoms with Gasteiger partial charge in [-0.2, -0.15) is 0 Å². The van der Waals surface area contributed by atoms with Crippen molar-refractivity contribution in [2.45, 2.75) is 39.7 Å². The van der Waals surface area contributed by atoms with Crippen LogP contribution in [-0.4, -0.2) is 34.5 Å². The van der Waals surface area contributed by atoms with Crippen molar-refractivity contribution in [3.63, 3.8) is 0 Å². The fourth-order valence-corrected chi connectivity index (χ4v) is 2.47. The van der Waals surface area contributed by atoms with Crippen LogP contribution in [0, 0.1) is 11.8 Å². The Hall–Kier alpha value is -1.32. The van der Waals surface area contributed by atoms with E-state index in [1.54, 1.807) is 4.90 Å². The van der Waals surface area contributed by atoms with Crippen LogP contribution in [0.15, 0.2) is 12.2 Å². The average Bonchev–Trinajstić information content (AvgIpc) is 2.57. The minimum absolute atomic E-state index is 0.0456. The largest absolute Gasteiger partial charge is 0.481 e. The molecule has 3 atom stereocenters. The van der Waals surface area contributed by atoms with Crippen LogP contribution < -0.4 is 0 Å². The lowest BCUT2D eigenvalue weighted by molar-refractivity contribution is -0.143. The second kappa shape index (κ2) is 5.34. The van der Waals surface area contributed by atoms with Crippen LogP contribution in [0.4, 0.5) is 0 Å². The molecular weight excluding hydrogens is 218 g/mol. The minimum atomic E-state index is -0.805. The Kier molecular flexibility index (Phi) is 4.32. The number of rotatable bonds is 4. The van der Waals surface area contributed by atoms with E-state index in [1.165, 1.54) is 0 Å². The van der Waals surface area contributed by atoms with E-state index in [9.17, 15) is 9.59 Å². The highest BCUT2D eigenvalue weighted by Gasteiger charge is 2.39. The van der Waals surface area contributed by atoms with Gasteiger partial charge in [-0.05, 0) is 26.7 Å². The van der Waals surface area contributed by atoms with Gasteiger partial charge in [-0.1, -0.05) is 12.5 Å². The topological polar surface area (TPSA) is 57.6 Å². The summed E-state index contributed by atoms with van der Waals surface area (Å²) in [5, 5.41) is 9.02. The van der Waals surface area contributed by atoms with Gasteiger partial charge in [0.05, 0.1) is 5.92 Å². The Morgan fingerprint density at radius 1 is 1.53 bits per heavy atom. The van der Waals surface area contributed by atoms with Crippen molar-refractivity contribution in [3.8, 4) is 0 Å². The molecule has 4 heteroatoms. The molecule has 0 aromatic heterocycles. The molecule has 1 saturated heterocycles. The molecule has 96 valence electrons. The first-order chi connectivity index (χ1) is 7.84. The third kappa shape index (κ3) is 3.08. The third-order valence-corrected chi connectivity index (χ3v) is 3.43. The predicted molar refractivity (Wildman–Crippen MR) is 65.5 cm³/mol. The van der Waals surface area contributed by atoms with Gasteiger partial charge >= 0.3 is 5.97 Å². The van der Waals surface area contributed by atoms with Crippen LogP contribution in [0.2, 0.25) is 0 Å². The summed E-state index contributed by atoms with van der Waals surface area (Å²) >= 11 is 0. The number of hydrogen-bond acceptors (Lipinski definition) is 2. The Morgan fingerprint density at radius 2 is 2.12 bits per heavy atom. The Bertz CT molecular complexity index is 338. The number of carboxylic acid groups (broad SMARTS) is 1. The third-order valence-electron chi connectivity index (χ3n) is 3.43. The van der Waals surface area contributed by atoms with Gasteiger partial charge in [-0.3, -0.25) is 9.59 Å². The minimum Gasteiger partial charge on any atom is -0.481 e. The number of allylic oxidation sites excluding steroid dienone is 1. The molecule has 1 aliphatic heterocycles. The lowest BCUT2D eigenvalue weighted by atomic mass is 9.99. The predicted octanol–water partition coefficient (Wildman–Crippen LogP) is 1.91. The van der Waals surface area contributed by atoms with E-state index >= 15 is 0 Å². The summed E-state index contributed by atoms with van der Waals surface area (Å²) in [5.74, 6) is -1.29. The zero-order chi connectivity index (χ0) is 13.2. The van der Waals surface area contributed by atoms with Crippen molar-refractivity contribution in [2.24, 2.45) is 11.8 Å². The number of hydrogen-bond donors (Lipinski definition) is 1. The lowest BCUT2D eigenvalue weighted by Gasteiger charge is -2.26. The van der Waals surface area contributed by atoms with E-state index in [1.807, 2.05) is 20.8 Å². The van der Waals surface area contributed by atoms with Gasteiger partial charge in [-0.15, -0.1) is 6.58 Å². The second-order valence-corrected chi connectivity index (χ2v) is 5.07. The van der Waals surface area contributed by atoms with E-state index in [2.05, 4.69) is 6.58 Å². The number of nitrogens with zero attached hydrogens (tertiary/aromatic N) is 1. The van der Waals surface area contributed by atoms with Crippen molar-refractivity contribution >= 4 is 11.9 Å². The van der Waals surface area contributed by atoms with E-state index in [-0.39, 0.29) is 17.9 Å². The fourth-order valence-electron chi connectivity index (χ4n) is 2.47. The summed E-state index contributed by atoms with van der Waals surface area (Å²) in [4.78, 5) is 24.8. The van der Waals surface area contributed by atoms with Crippen molar-refractivity contribution < 1.29 is 14.7 Å². The molecule has 3 unspecified atom stereocenters. The van der Waals surface area contributed by atoms with Gasteiger partial charge in [-0.25, -0.2) is 0 Å². The zero-order valence-electron chi connectivity index (χ0n) is 10.8. The van der Waals surface area contributed by atoms with Crippen molar-refractivity contribution in [2.75, 3.05) is 6.54 Å². The quantitative estimate of drug-likeness (QED) is 0.762. The normalized spacial score (nSPS) is 25.7. The molecule has 0 spiro atoms. The average molecular weight is 239 g/mol. The standard InChI is InChI=1S/C13H21NO3/c1-8(2)7-9(3)12(15)14-6-5-11(10(14)4)13(16)17/h9-11H,1,5-7H2,2-4H3,(H,16,17). The highest BCUT2D eigenvalue weighted by Crippen LogP contribution is 2.27. The zero-order valence-corrected chi connectivity index (χ0v) is 10.8. The number of carbonyl (C=O) groups excluding carboxylic acids is 1. The Morgan fingerprint density at radius 3 is 2.53 bits per heavy atom. The van der Waals surface area contributed by atoms with Gasteiger partial charge in [0.15, 0.2) is 0 Å². The number of carbonyl (C=O) groups is 2. The monoisotopic (exact) mass is 239 g/mol. The van der Waals surface area contributed by atoms with Crippen molar-refractivity contribution in [1.82, 2.24) is 4.90 Å². The number of amides is 1. The molecule has 1 fully saturated rings. The molecular formula is C13H21NO3. The maximum atomic E-state index is 12.2. The van der Waals surface area contributed by atoms with Crippen LogP contribution in [0.3, 0.4) is 0 Å². The van der Waals surface area contributed by atoms with Gasteiger partial charge in [0.1, 0.15) is 0 Å². The molecule has 1 aliphatic rings. The second-order valence-electron chi connectivity index (χ2n) is 5.07. The summed E-state index contributed by atoms with van der Waals surface area (Å²) in [6.07, 6.45) is 1.22. The van der Waals surface area contributed by atoms with E-state index in [4.69, 9.17) is 5.11 Å². The molecule has 17 heavy (non-hydrogen) atoms. The first kappa shape index (κ1) is 13.7. The van der Waals surface area contributed by atoms with Gasteiger partial charge in [0.25, 0.3) is 0 Å². The van der Waals surface area contributed by atoms with Gasteiger partial charge in [0, 0.05) is 18.5 Å². The maximum absolute atomic E-state index is 12.2. The number of aliphatic carboxylic acids is 1. The van der Waals surface area contributed by atoms with Crippen LogP contribution >= 0.6 is 0 Å². The van der Waals surface area contributed by atoms with Crippen LogP contribution in [-0.2, 0) is 9.59 Å². The molecule has 0 aromatic carbocycles. The molecule has 0 aromatic rings. The highest BCUT2D eigenvalue weighted by molar-refractivity contribution is 5.81. The van der Waals surface area contributed by atoms with E-state index < -0.39 is 11.9 Å². The van der Waals surface area contributed by atoms with Crippen LogP contribution in [0.1, 0.15) is 33.6 Å². The molecule has 1 heterocycles. The number of carboxylic acids is 1. The lowest BCUT2D eigenvalue weighted by Crippen LogP contribution is -2.40. The summed E-state index contributed by atoms with van der Waals surface area (Å²) in [7, 11) is 0. The Labute approximate surface area is 102 Å². The summed E-state index contributed by atoms with van der Waals surface area (Å²) < 4.78 is 0. The summed E-state index contributed by atoms with van der Waals surface area (Å²) in [5.41, 5.74) is 0.979. The molecule has 0 radical (unpaired) electrons. The molecule has 0 saturated carbocycles. The maximum Gasteiger partial charge on any atom is 0.308 e. The molecule has 1 rings (SSSR count). The Balaban J connectivity index is 2.65.